The van der Waals surface area contributed by atoms with E-state index in [0.29, 0.717) is 0 Å². The van der Waals surface area contributed by atoms with Gasteiger partial charge in [0.05, 0.1) is 0 Å². The Hall–Kier alpha value is 0.830. The van der Waals surface area contributed by atoms with Crippen molar-refractivity contribution in [2.75, 3.05) is 6.16 Å². The summed E-state index contributed by atoms with van der Waals surface area (Å²) in [6.45, 7) is 2.19. The van der Waals surface area contributed by atoms with E-state index in [1.54, 1.807) is 0 Å². The average molecular weight is 187 g/mol. The van der Waals surface area contributed by atoms with Crippen molar-refractivity contribution in [1.82, 2.24) is 0 Å². The third-order valence-electron chi connectivity index (χ3n) is 0.344. The number of hydrogen-bond donors (Lipinski definition) is 2. The lowest BCUT2D eigenvalue weighted by atomic mass is 10.6. The Bertz CT molecular complexity index is 20.4. The molecule has 0 aromatic heterocycles. The van der Waals surface area contributed by atoms with E-state index in [1.165, 1.54) is 12.6 Å². The number of halogens is 1. The van der Waals surface area contributed by atoms with Crippen molar-refractivity contribution in [3.05, 3.63) is 0 Å². The molecule has 0 aliphatic carbocycles. The maximum Gasteiger partial charge on any atom is -0.0257 e. The monoisotopic (exact) mass is 186 g/mol. The largest absolute Gasteiger partial charge is 0.274 e. The van der Waals surface area contributed by atoms with Crippen LogP contribution in [0.5, 0.6) is 0 Å². The zero-order valence-corrected chi connectivity index (χ0v) is 7.03. The molecule has 0 fully saturated rings. The average Bonchev–Trinajstić information content (AvgIpc) is 1.75. The number of rotatable bonds is 2. The summed E-state index contributed by atoms with van der Waals surface area (Å²) in [5.41, 5.74) is 0. The first kappa shape index (κ1) is 10.7. The highest BCUT2D eigenvalue weighted by molar-refractivity contribution is 9.36. The Morgan fingerprint density at radius 2 is 2.00 bits per heavy atom. The summed E-state index contributed by atoms with van der Waals surface area (Å²) < 4.78 is 0. The molecule has 0 saturated carbocycles. The van der Waals surface area contributed by atoms with Crippen LogP contribution in [0, 0.1) is 0 Å². The Balaban J connectivity index is 0. The maximum atomic E-state index is 4.00. The minimum atomic E-state index is 0.970. The first-order chi connectivity index (χ1) is 3.41. The van der Waals surface area contributed by atoms with Gasteiger partial charge in [-0.3, -0.25) is 11.7 Å². The molecule has 0 bridgehead atoms. The van der Waals surface area contributed by atoms with Crippen LogP contribution in [-0.2, 0) is 0 Å². The van der Waals surface area contributed by atoms with Crippen LogP contribution in [0.2, 0.25) is 0 Å². The summed E-state index contributed by atoms with van der Waals surface area (Å²) >= 11 is 3.34. The number of nitrogens with two attached hydrogens (primary N) is 2. The van der Waals surface area contributed by atoms with Crippen LogP contribution in [0.1, 0.15) is 13.3 Å². The molecule has 0 aromatic rings. The quantitative estimate of drug-likeness (QED) is 0.387. The van der Waals surface area contributed by atoms with Gasteiger partial charge in [-0.15, -0.1) is 0 Å². The Morgan fingerprint density at radius 3 is 2.00 bits per heavy atom. The normalized spacial score (nSPS) is 8.57. The summed E-state index contributed by atoms with van der Waals surface area (Å²) in [4.78, 5) is 0. The van der Waals surface area contributed by atoms with E-state index in [1.807, 2.05) is 0 Å². The Kier molecular flexibility index (Phi) is 24.3. The first-order valence-electron chi connectivity index (χ1n) is 2.08. The van der Waals surface area contributed by atoms with Crippen LogP contribution in [0.15, 0.2) is 0 Å². The van der Waals surface area contributed by atoms with Gasteiger partial charge < -0.3 is 0 Å². The second-order valence-electron chi connectivity index (χ2n) is 0.884. The number of hydrazine groups is 1. The number of hydrogen-bond acceptors (Lipinski definition) is 2. The summed E-state index contributed by atoms with van der Waals surface area (Å²) in [5, 5.41) is 0. The van der Waals surface area contributed by atoms with Crippen LogP contribution in [0.4, 0.5) is 0 Å². The predicted molar refractivity (Wildman–Crippen MR) is 40.8 cm³/mol. The predicted octanol–water partition coefficient (Wildman–Crippen LogP) is 1.20. The van der Waals surface area contributed by atoms with Gasteiger partial charge in [-0.05, 0) is 6.16 Å². The van der Waals surface area contributed by atoms with Crippen LogP contribution in [0.3, 0.4) is 0 Å². The fourth-order valence-corrected chi connectivity index (χ4v) is 1.47. The van der Waals surface area contributed by atoms with E-state index in [-0.39, 0.29) is 0 Å². The van der Waals surface area contributed by atoms with E-state index >= 15 is 0 Å². The van der Waals surface area contributed by atoms with Gasteiger partial charge >= 0.3 is 0 Å². The maximum absolute atomic E-state index is 4.00. The van der Waals surface area contributed by atoms with Gasteiger partial charge in [-0.2, -0.15) is 0 Å². The first-order valence-corrected chi connectivity index (χ1v) is 5.55. The van der Waals surface area contributed by atoms with E-state index in [0.717, 1.165) is 7.28 Å². The second-order valence-corrected chi connectivity index (χ2v) is 3.33. The van der Waals surface area contributed by atoms with E-state index in [4.69, 9.17) is 0 Å². The lowest BCUT2D eigenvalue weighted by molar-refractivity contribution is 1.11. The standard InChI is InChI=1S/C3H8BrP.H4N2/c1-2-3-5-4;1-2/h5H,2-3H2,1H3;1-2H2. The molecule has 4 N–H and O–H groups in total. The van der Waals surface area contributed by atoms with Gasteiger partial charge in [-0.1, -0.05) is 36.1 Å². The summed E-state index contributed by atoms with van der Waals surface area (Å²) in [7, 11) is 0.970. The van der Waals surface area contributed by atoms with Gasteiger partial charge in [0.1, 0.15) is 0 Å². The summed E-state index contributed by atoms with van der Waals surface area (Å²) in [6.07, 6.45) is 2.64. The Morgan fingerprint density at radius 1 is 1.57 bits per heavy atom. The van der Waals surface area contributed by atoms with Gasteiger partial charge in [0.25, 0.3) is 0 Å². The van der Waals surface area contributed by atoms with E-state index < -0.39 is 0 Å². The highest BCUT2D eigenvalue weighted by Crippen LogP contribution is 2.18. The lowest BCUT2D eigenvalue weighted by Crippen LogP contribution is -2.02. The van der Waals surface area contributed by atoms with Crippen molar-refractivity contribution in [3.63, 3.8) is 0 Å². The molecule has 0 saturated heterocycles. The molecule has 0 rings (SSSR count). The van der Waals surface area contributed by atoms with Crippen LogP contribution < -0.4 is 11.7 Å². The van der Waals surface area contributed by atoms with Crippen molar-refractivity contribution in [3.8, 4) is 0 Å². The minimum Gasteiger partial charge on any atom is -0.274 e. The second kappa shape index (κ2) is 15.8. The van der Waals surface area contributed by atoms with Crippen molar-refractivity contribution in [1.29, 1.82) is 0 Å². The zero-order chi connectivity index (χ0) is 6.12. The van der Waals surface area contributed by atoms with Gasteiger partial charge in [0.15, 0.2) is 0 Å². The highest BCUT2D eigenvalue weighted by atomic mass is 79.9. The molecular formula is C3H12BrN2P. The summed E-state index contributed by atoms with van der Waals surface area (Å²) in [6, 6.07) is 0. The fraction of sp³-hybridized carbons (Fsp3) is 1.00. The van der Waals surface area contributed by atoms with Crippen molar-refractivity contribution in [2.24, 2.45) is 11.7 Å². The molecule has 0 spiro atoms. The third kappa shape index (κ3) is 19.9. The van der Waals surface area contributed by atoms with Crippen LogP contribution in [-0.4, -0.2) is 6.16 Å². The van der Waals surface area contributed by atoms with Crippen molar-refractivity contribution in [2.45, 2.75) is 13.3 Å². The van der Waals surface area contributed by atoms with E-state index in [2.05, 4.69) is 34.1 Å². The van der Waals surface area contributed by atoms with Crippen molar-refractivity contribution >= 4 is 22.8 Å². The Labute approximate surface area is 54.5 Å². The molecule has 7 heavy (non-hydrogen) atoms. The molecule has 4 heteroatoms. The molecule has 1 unspecified atom stereocenters. The molecule has 1 atom stereocenters. The lowest BCUT2D eigenvalue weighted by Gasteiger charge is -1.78. The van der Waals surface area contributed by atoms with Crippen LogP contribution >= 0.6 is 22.8 Å². The molecule has 46 valence electrons. The van der Waals surface area contributed by atoms with E-state index in [9.17, 15) is 0 Å². The molecule has 2 nitrogen and oxygen atoms in total. The van der Waals surface area contributed by atoms with Gasteiger partial charge in [-0.25, -0.2) is 0 Å². The SMILES string of the molecule is CCCPBr.NN. The minimum absolute atomic E-state index is 0.970. The molecule has 0 heterocycles. The summed E-state index contributed by atoms with van der Waals surface area (Å²) in [5.74, 6) is 8.00. The highest BCUT2D eigenvalue weighted by Gasteiger charge is 1.69. The van der Waals surface area contributed by atoms with Gasteiger partial charge in [0.2, 0.25) is 0 Å². The van der Waals surface area contributed by atoms with Gasteiger partial charge in [0, 0.05) is 0 Å². The molecule has 0 radical (unpaired) electrons. The topological polar surface area (TPSA) is 52.0 Å². The molecule has 0 aliphatic heterocycles. The smallest absolute Gasteiger partial charge is 0.0257 e. The zero-order valence-electron chi connectivity index (χ0n) is 4.45. The third-order valence-corrected chi connectivity index (χ3v) is 2.22. The van der Waals surface area contributed by atoms with Crippen LogP contribution in [0.25, 0.3) is 0 Å². The molecular weight excluding hydrogens is 175 g/mol. The molecule has 0 aromatic carbocycles. The molecule has 0 amide bonds. The molecule has 0 aliphatic rings. The van der Waals surface area contributed by atoms with Crippen molar-refractivity contribution < 1.29 is 0 Å². The fourth-order valence-electron chi connectivity index (χ4n) is 0.0945.